The Kier molecular flexibility index (Phi) is 5.48. The number of nitrogens with zero attached hydrogens (tertiary/aromatic N) is 2. The number of aryl methyl sites for hydroxylation is 1. The van der Waals surface area contributed by atoms with Gasteiger partial charge in [0.05, 0.1) is 6.20 Å². The van der Waals surface area contributed by atoms with E-state index in [0.717, 1.165) is 18.8 Å². The molecule has 4 heteroatoms. The van der Waals surface area contributed by atoms with Gasteiger partial charge in [0.2, 0.25) is 0 Å². The van der Waals surface area contributed by atoms with Crippen molar-refractivity contribution in [3.8, 4) is 0 Å². The van der Waals surface area contributed by atoms with E-state index in [1.807, 2.05) is 22.6 Å². The van der Waals surface area contributed by atoms with Crippen LogP contribution in [0.15, 0.2) is 47.6 Å². The number of hydrogen-bond acceptors (Lipinski definition) is 3. The van der Waals surface area contributed by atoms with Crippen LogP contribution in [-0.2, 0) is 6.54 Å². The molecule has 102 valence electrons. The fraction of sp³-hybridized carbons (Fsp3) is 0.400. The van der Waals surface area contributed by atoms with Crippen molar-refractivity contribution in [2.45, 2.75) is 31.3 Å². The topological polar surface area (TPSA) is 29.9 Å². The molecule has 1 unspecified atom stereocenters. The van der Waals surface area contributed by atoms with Crippen molar-refractivity contribution in [2.24, 2.45) is 0 Å². The van der Waals surface area contributed by atoms with Crippen LogP contribution in [0.25, 0.3) is 0 Å². The van der Waals surface area contributed by atoms with Crippen LogP contribution in [0.5, 0.6) is 0 Å². The van der Waals surface area contributed by atoms with E-state index in [9.17, 15) is 0 Å². The molecule has 0 fully saturated rings. The maximum absolute atomic E-state index is 4.36. The lowest BCUT2D eigenvalue weighted by atomic mass is 10.2. The number of benzene rings is 1. The molecule has 1 atom stereocenters. The minimum Gasteiger partial charge on any atom is -0.309 e. The predicted octanol–water partition coefficient (Wildman–Crippen LogP) is 3.35. The second-order valence-corrected chi connectivity index (χ2v) is 5.46. The minimum atomic E-state index is 0.357. The zero-order valence-electron chi connectivity index (χ0n) is 11.5. The van der Waals surface area contributed by atoms with Crippen molar-refractivity contribution in [1.29, 1.82) is 0 Å². The Balaban J connectivity index is 1.99. The predicted molar refractivity (Wildman–Crippen MR) is 81.5 cm³/mol. The number of aromatic nitrogens is 2. The molecule has 0 spiro atoms. The molecule has 3 nitrogen and oxygen atoms in total. The van der Waals surface area contributed by atoms with Crippen molar-refractivity contribution in [3.63, 3.8) is 0 Å². The smallest absolute Gasteiger partial charge is 0.0537 e. The first-order valence-corrected chi connectivity index (χ1v) is 7.75. The summed E-state index contributed by atoms with van der Waals surface area (Å²) in [5.41, 5.74) is 1.27. The summed E-state index contributed by atoms with van der Waals surface area (Å²) in [6.45, 7) is 6.14. The van der Waals surface area contributed by atoms with Crippen molar-refractivity contribution < 1.29 is 0 Å². The molecule has 0 saturated carbocycles. The molecule has 0 aliphatic carbocycles. The summed E-state index contributed by atoms with van der Waals surface area (Å²) in [4.78, 5) is 1.31. The highest BCUT2D eigenvalue weighted by molar-refractivity contribution is 7.99. The summed E-state index contributed by atoms with van der Waals surface area (Å²) in [5, 5.41) is 7.89. The van der Waals surface area contributed by atoms with Gasteiger partial charge in [0.15, 0.2) is 0 Å². The van der Waals surface area contributed by atoms with Gasteiger partial charge in [-0.3, -0.25) is 4.68 Å². The molecule has 19 heavy (non-hydrogen) atoms. The highest BCUT2D eigenvalue weighted by Crippen LogP contribution is 2.24. The molecule has 1 aromatic heterocycles. The second kappa shape index (κ2) is 7.36. The first-order valence-electron chi connectivity index (χ1n) is 6.77. The van der Waals surface area contributed by atoms with Crippen LogP contribution in [0, 0.1) is 0 Å². The maximum Gasteiger partial charge on any atom is 0.0537 e. The van der Waals surface area contributed by atoms with Gasteiger partial charge in [0.25, 0.3) is 0 Å². The average Bonchev–Trinajstić information content (AvgIpc) is 2.93. The molecule has 2 rings (SSSR count). The van der Waals surface area contributed by atoms with Crippen molar-refractivity contribution in [1.82, 2.24) is 15.1 Å². The molecule has 0 aliphatic rings. The minimum absolute atomic E-state index is 0.357. The number of thioether (sulfide) groups is 1. The zero-order valence-corrected chi connectivity index (χ0v) is 12.4. The van der Waals surface area contributed by atoms with E-state index in [0.29, 0.717) is 6.04 Å². The van der Waals surface area contributed by atoms with Crippen LogP contribution in [0.1, 0.15) is 25.5 Å². The van der Waals surface area contributed by atoms with E-state index in [1.54, 1.807) is 0 Å². The maximum atomic E-state index is 4.36. The summed E-state index contributed by atoms with van der Waals surface area (Å²) >= 11 is 1.88. The summed E-state index contributed by atoms with van der Waals surface area (Å²) < 4.78 is 1.98. The molecule has 0 amide bonds. The molecule has 0 aliphatic heterocycles. The summed E-state index contributed by atoms with van der Waals surface area (Å²) in [5.74, 6) is 1.02. The Bertz CT molecular complexity index is 481. The van der Waals surface area contributed by atoms with Crippen molar-refractivity contribution in [3.05, 3.63) is 48.3 Å². The van der Waals surface area contributed by atoms with E-state index in [-0.39, 0.29) is 0 Å². The van der Waals surface area contributed by atoms with Crippen molar-refractivity contribution in [2.75, 3.05) is 12.3 Å². The third-order valence-corrected chi connectivity index (χ3v) is 4.10. The molecule has 1 heterocycles. The number of rotatable bonds is 7. The van der Waals surface area contributed by atoms with Gasteiger partial charge in [0.1, 0.15) is 0 Å². The van der Waals surface area contributed by atoms with E-state index < -0.39 is 0 Å². The summed E-state index contributed by atoms with van der Waals surface area (Å²) in [7, 11) is 0. The Morgan fingerprint density at radius 2 is 2.05 bits per heavy atom. The van der Waals surface area contributed by atoms with Gasteiger partial charge in [-0.1, -0.05) is 25.1 Å². The van der Waals surface area contributed by atoms with E-state index in [1.165, 1.54) is 10.5 Å². The first kappa shape index (κ1) is 14.2. The van der Waals surface area contributed by atoms with E-state index >= 15 is 0 Å². The van der Waals surface area contributed by atoms with Gasteiger partial charge < -0.3 is 5.32 Å². The van der Waals surface area contributed by atoms with Gasteiger partial charge in [-0.2, -0.15) is 5.10 Å². The standard InChI is InChI=1S/C15H21N3S/c1-3-16-15(13-10-17-18(4-2)11-13)12-19-14-8-6-5-7-9-14/h5-11,15-16H,3-4,12H2,1-2H3. The van der Waals surface area contributed by atoms with Gasteiger partial charge in [-0.25, -0.2) is 0 Å². The fourth-order valence-electron chi connectivity index (χ4n) is 1.95. The Morgan fingerprint density at radius 1 is 1.26 bits per heavy atom. The molecule has 0 bridgehead atoms. The van der Waals surface area contributed by atoms with E-state index in [2.05, 4.69) is 60.8 Å². The Labute approximate surface area is 119 Å². The van der Waals surface area contributed by atoms with Gasteiger partial charge in [0, 0.05) is 35.0 Å². The van der Waals surface area contributed by atoms with Crippen molar-refractivity contribution >= 4 is 11.8 Å². The van der Waals surface area contributed by atoms with Crippen LogP contribution in [0.4, 0.5) is 0 Å². The quantitative estimate of drug-likeness (QED) is 0.786. The average molecular weight is 275 g/mol. The van der Waals surface area contributed by atoms with Gasteiger partial charge >= 0.3 is 0 Å². The number of hydrogen-bond donors (Lipinski definition) is 1. The summed E-state index contributed by atoms with van der Waals surface area (Å²) in [6.07, 6.45) is 4.11. The highest BCUT2D eigenvalue weighted by Gasteiger charge is 2.12. The zero-order chi connectivity index (χ0) is 13.5. The highest BCUT2D eigenvalue weighted by atomic mass is 32.2. The molecule has 1 aromatic carbocycles. The van der Waals surface area contributed by atoms with Crippen LogP contribution in [0.3, 0.4) is 0 Å². The monoisotopic (exact) mass is 275 g/mol. The van der Waals surface area contributed by atoms with Crippen LogP contribution < -0.4 is 5.32 Å². The fourth-order valence-corrected chi connectivity index (χ4v) is 2.97. The molecule has 0 radical (unpaired) electrons. The lowest BCUT2D eigenvalue weighted by Gasteiger charge is -2.15. The Morgan fingerprint density at radius 3 is 2.68 bits per heavy atom. The third-order valence-electron chi connectivity index (χ3n) is 2.99. The number of nitrogens with one attached hydrogen (secondary N) is 1. The Hall–Kier alpha value is -1.26. The van der Waals surface area contributed by atoms with Crippen LogP contribution in [0.2, 0.25) is 0 Å². The van der Waals surface area contributed by atoms with Crippen LogP contribution >= 0.6 is 11.8 Å². The third kappa shape index (κ3) is 4.11. The SMILES string of the molecule is CCNC(CSc1ccccc1)c1cnn(CC)c1. The molecular weight excluding hydrogens is 254 g/mol. The lowest BCUT2D eigenvalue weighted by Crippen LogP contribution is -2.22. The van der Waals surface area contributed by atoms with E-state index in [4.69, 9.17) is 0 Å². The van der Waals surface area contributed by atoms with Gasteiger partial charge in [-0.15, -0.1) is 11.8 Å². The molecule has 0 saturated heterocycles. The van der Waals surface area contributed by atoms with Gasteiger partial charge in [-0.05, 0) is 25.6 Å². The molecule has 1 N–H and O–H groups in total. The largest absolute Gasteiger partial charge is 0.309 e. The first-order chi connectivity index (χ1) is 9.33. The van der Waals surface area contributed by atoms with Crippen LogP contribution in [-0.4, -0.2) is 22.1 Å². The lowest BCUT2D eigenvalue weighted by molar-refractivity contribution is 0.603. The normalized spacial score (nSPS) is 12.5. The molecular formula is C15H21N3S. The second-order valence-electron chi connectivity index (χ2n) is 4.36. The molecule has 2 aromatic rings. The summed E-state index contributed by atoms with van der Waals surface area (Å²) in [6, 6.07) is 10.9.